The highest BCUT2D eigenvalue weighted by Crippen LogP contribution is 1.98. The van der Waals surface area contributed by atoms with Gasteiger partial charge in [0.25, 0.3) is 0 Å². The van der Waals surface area contributed by atoms with Crippen LogP contribution in [0.4, 0.5) is 0 Å². The number of carbonyl (C=O) groups is 1. The molecule has 0 aliphatic carbocycles. The van der Waals surface area contributed by atoms with E-state index in [1.807, 2.05) is 0 Å². The van der Waals surface area contributed by atoms with E-state index in [1.165, 1.54) is 13.8 Å². The maximum atomic E-state index is 10.4. The second kappa shape index (κ2) is 4.54. The van der Waals surface area contributed by atoms with Gasteiger partial charge < -0.3 is 4.55 Å². The Labute approximate surface area is 62.1 Å². The average Bonchev–Trinajstić information content (AvgIpc) is 1.58. The summed E-state index contributed by atoms with van der Waals surface area (Å²) in [5, 5.41) is 0. The molecule has 0 fully saturated rings. The van der Waals surface area contributed by atoms with Crippen LogP contribution in [-0.4, -0.2) is 20.6 Å². The van der Waals surface area contributed by atoms with Gasteiger partial charge in [-0.3, -0.25) is 8.98 Å². The lowest BCUT2D eigenvalue weighted by Gasteiger charge is -2.11. The summed E-state index contributed by atoms with van der Waals surface area (Å²) < 4.78 is 24.0. The van der Waals surface area contributed by atoms with Gasteiger partial charge in [-0.25, -0.2) is 4.21 Å². The number of ketones is 1. The fraction of sp³-hybridized carbons (Fsp3) is 0.800. The highest BCUT2D eigenvalue weighted by Gasteiger charge is 2.04. The molecule has 10 heavy (non-hydrogen) atoms. The standard InChI is InChI=1S/C5H10O4S/c1-4(6)3-5(2)9-10(7)8/h5H,3H2,1-2H3,(H,7,8)/p-1. The van der Waals surface area contributed by atoms with Crippen LogP contribution in [0.3, 0.4) is 0 Å². The van der Waals surface area contributed by atoms with Crippen molar-refractivity contribution in [2.75, 3.05) is 0 Å². The molecular weight excluding hydrogens is 156 g/mol. The Morgan fingerprint density at radius 2 is 2.30 bits per heavy atom. The summed E-state index contributed by atoms with van der Waals surface area (Å²) in [6.45, 7) is 2.91. The molecule has 0 rings (SSSR count). The second-order valence-corrected chi connectivity index (χ2v) is 2.62. The van der Waals surface area contributed by atoms with Gasteiger partial charge in [-0.15, -0.1) is 0 Å². The number of hydrogen-bond donors (Lipinski definition) is 0. The molecule has 0 aromatic carbocycles. The minimum atomic E-state index is -2.51. The van der Waals surface area contributed by atoms with Crippen molar-refractivity contribution in [1.82, 2.24) is 0 Å². The van der Waals surface area contributed by atoms with Crippen LogP contribution in [0.25, 0.3) is 0 Å². The van der Waals surface area contributed by atoms with Gasteiger partial charge >= 0.3 is 0 Å². The number of carbonyl (C=O) groups excluding carboxylic acids is 1. The Bertz CT molecular complexity index is 129. The predicted molar refractivity (Wildman–Crippen MR) is 34.8 cm³/mol. The molecule has 0 spiro atoms. The molecule has 2 atom stereocenters. The smallest absolute Gasteiger partial charge is 0.132 e. The van der Waals surface area contributed by atoms with Crippen LogP contribution in [0, 0.1) is 0 Å². The number of rotatable bonds is 4. The first kappa shape index (κ1) is 9.74. The van der Waals surface area contributed by atoms with Crippen LogP contribution in [-0.2, 0) is 20.3 Å². The van der Waals surface area contributed by atoms with Crippen LogP contribution in [0.5, 0.6) is 0 Å². The van der Waals surface area contributed by atoms with Crippen LogP contribution >= 0.6 is 0 Å². The van der Waals surface area contributed by atoms with Crippen LogP contribution in [0.2, 0.25) is 0 Å². The topological polar surface area (TPSA) is 66.4 Å². The van der Waals surface area contributed by atoms with Crippen molar-refractivity contribution < 1.29 is 17.7 Å². The SMILES string of the molecule is CC(=O)CC(C)OS(=O)[O-]. The van der Waals surface area contributed by atoms with Crippen molar-refractivity contribution in [2.45, 2.75) is 26.4 Å². The molecule has 0 aromatic heterocycles. The monoisotopic (exact) mass is 165 g/mol. The third-order valence-corrected chi connectivity index (χ3v) is 1.30. The zero-order valence-corrected chi connectivity index (χ0v) is 6.64. The molecule has 0 radical (unpaired) electrons. The van der Waals surface area contributed by atoms with E-state index in [9.17, 15) is 13.6 Å². The van der Waals surface area contributed by atoms with Gasteiger partial charge in [-0.1, -0.05) is 0 Å². The molecule has 0 aliphatic heterocycles. The summed E-state index contributed by atoms with van der Waals surface area (Å²) in [6.07, 6.45) is -0.413. The molecule has 0 aromatic rings. The minimum absolute atomic E-state index is 0.0852. The molecule has 5 heteroatoms. The number of hydrogen-bond acceptors (Lipinski definition) is 4. The second-order valence-electron chi connectivity index (χ2n) is 2.02. The first-order valence-electron chi connectivity index (χ1n) is 2.78. The lowest BCUT2D eigenvalue weighted by Crippen LogP contribution is -2.13. The van der Waals surface area contributed by atoms with Crippen LogP contribution in [0.15, 0.2) is 0 Å². The lowest BCUT2D eigenvalue weighted by atomic mass is 10.2. The molecule has 0 bridgehead atoms. The molecule has 4 nitrogen and oxygen atoms in total. The zero-order valence-electron chi connectivity index (χ0n) is 5.83. The van der Waals surface area contributed by atoms with E-state index in [2.05, 4.69) is 4.18 Å². The van der Waals surface area contributed by atoms with E-state index in [-0.39, 0.29) is 12.2 Å². The van der Waals surface area contributed by atoms with Gasteiger partial charge in [0.05, 0.1) is 17.5 Å². The Balaban J connectivity index is 3.53. The largest absolute Gasteiger partial charge is 0.750 e. The van der Waals surface area contributed by atoms with E-state index in [1.54, 1.807) is 0 Å². The third kappa shape index (κ3) is 5.87. The summed E-state index contributed by atoms with van der Waals surface area (Å²) in [5.41, 5.74) is 0. The average molecular weight is 165 g/mol. The Hall–Kier alpha value is -0.260. The fourth-order valence-electron chi connectivity index (χ4n) is 0.573. The third-order valence-electron chi connectivity index (χ3n) is 0.818. The Morgan fingerprint density at radius 1 is 1.80 bits per heavy atom. The van der Waals surface area contributed by atoms with E-state index < -0.39 is 17.5 Å². The van der Waals surface area contributed by atoms with E-state index >= 15 is 0 Å². The normalized spacial score (nSPS) is 16.3. The molecule has 0 heterocycles. The van der Waals surface area contributed by atoms with Gasteiger partial charge in [-0.2, -0.15) is 0 Å². The van der Waals surface area contributed by atoms with Crippen LogP contribution < -0.4 is 0 Å². The summed E-state index contributed by atoms with van der Waals surface area (Å²) in [7, 11) is 0. The molecule has 0 saturated heterocycles. The van der Waals surface area contributed by atoms with E-state index in [0.717, 1.165) is 0 Å². The van der Waals surface area contributed by atoms with Crippen molar-refractivity contribution in [3.8, 4) is 0 Å². The molecule has 0 amide bonds. The molecule has 0 aliphatic rings. The van der Waals surface area contributed by atoms with E-state index in [0.29, 0.717) is 0 Å². The summed E-state index contributed by atoms with van der Waals surface area (Å²) >= 11 is -2.51. The summed E-state index contributed by atoms with van der Waals surface area (Å²) in [4.78, 5) is 10.4. The lowest BCUT2D eigenvalue weighted by molar-refractivity contribution is -0.118. The van der Waals surface area contributed by atoms with Crippen LogP contribution in [0.1, 0.15) is 20.3 Å². The van der Waals surface area contributed by atoms with Gasteiger partial charge in [0.15, 0.2) is 0 Å². The van der Waals surface area contributed by atoms with Crippen molar-refractivity contribution in [2.24, 2.45) is 0 Å². The first-order valence-corrected chi connectivity index (χ1v) is 3.78. The van der Waals surface area contributed by atoms with Gasteiger partial charge in [0.1, 0.15) is 5.78 Å². The molecule has 2 unspecified atom stereocenters. The summed E-state index contributed by atoms with van der Waals surface area (Å²) in [6, 6.07) is 0. The van der Waals surface area contributed by atoms with Gasteiger partial charge in [0, 0.05) is 6.42 Å². The van der Waals surface area contributed by atoms with Crippen molar-refractivity contribution in [3.63, 3.8) is 0 Å². The fourth-order valence-corrected chi connectivity index (χ4v) is 0.909. The highest BCUT2D eigenvalue weighted by molar-refractivity contribution is 7.74. The molecular formula is C5H9O4S-. The predicted octanol–water partition coefficient (Wildman–Crippen LogP) is 0.165. The van der Waals surface area contributed by atoms with Gasteiger partial charge in [-0.05, 0) is 13.8 Å². The molecule has 0 N–H and O–H groups in total. The maximum Gasteiger partial charge on any atom is 0.132 e. The highest BCUT2D eigenvalue weighted by atomic mass is 32.2. The van der Waals surface area contributed by atoms with Crippen molar-refractivity contribution in [3.05, 3.63) is 0 Å². The van der Waals surface area contributed by atoms with Crippen molar-refractivity contribution >= 4 is 17.1 Å². The Morgan fingerprint density at radius 3 is 2.60 bits per heavy atom. The number of Topliss-reactive ketones (excluding diaryl/α,β-unsaturated/α-hetero) is 1. The minimum Gasteiger partial charge on any atom is -0.750 e. The van der Waals surface area contributed by atoms with Crippen molar-refractivity contribution in [1.29, 1.82) is 0 Å². The Kier molecular flexibility index (Phi) is 4.42. The quantitative estimate of drug-likeness (QED) is 0.557. The van der Waals surface area contributed by atoms with E-state index in [4.69, 9.17) is 0 Å². The summed E-state index contributed by atoms with van der Waals surface area (Å²) in [5.74, 6) is -0.0852. The van der Waals surface area contributed by atoms with Gasteiger partial charge in [0.2, 0.25) is 0 Å². The maximum absolute atomic E-state index is 10.4. The molecule has 0 saturated carbocycles. The first-order chi connectivity index (χ1) is 4.52. The molecule has 60 valence electrons. The zero-order chi connectivity index (χ0) is 8.15.